The maximum absolute atomic E-state index is 13.2. The fourth-order valence-corrected chi connectivity index (χ4v) is 6.02. The van der Waals surface area contributed by atoms with Crippen molar-refractivity contribution in [3.63, 3.8) is 0 Å². The van der Waals surface area contributed by atoms with E-state index in [1.807, 2.05) is 0 Å². The Morgan fingerprint density at radius 1 is 1.04 bits per heavy atom. The third-order valence-corrected chi connectivity index (χ3v) is 8.55. The molecule has 4 rings (SSSR count). The van der Waals surface area contributed by atoms with E-state index in [1.54, 1.807) is 52.2 Å². The van der Waals surface area contributed by atoms with Crippen molar-refractivity contribution in [2.45, 2.75) is 78.2 Å². The summed E-state index contributed by atoms with van der Waals surface area (Å²) in [5.74, 6) is 0.171. The van der Waals surface area contributed by atoms with Gasteiger partial charge in [-0.1, -0.05) is 23.2 Å². The molecule has 3 aromatic rings. The number of nitrogens with zero attached hydrogens (tertiary/aromatic N) is 6. The third kappa shape index (κ3) is 8.51. The molecule has 1 fully saturated rings. The Kier molecular flexibility index (Phi) is 10.4. The van der Waals surface area contributed by atoms with Crippen LogP contribution in [-0.2, 0) is 30.5 Å². The number of benzene rings is 1. The SMILES string of the molecule is CC(C)(C)OC(=O)N(C(=O)OC(C)(C)C)c1ncnc2c1ncn2Cc1c(OCCC[C@@H]2COS(=O)(=O)N2C(=O)O)ccc(Cl)c1Cl. The van der Waals surface area contributed by atoms with Crippen LogP contribution in [0.1, 0.15) is 59.9 Å². The van der Waals surface area contributed by atoms with E-state index in [1.165, 1.54) is 12.4 Å². The number of rotatable bonds is 8. The van der Waals surface area contributed by atoms with Crippen LogP contribution in [0.25, 0.3) is 11.2 Å². The van der Waals surface area contributed by atoms with Crippen molar-refractivity contribution in [3.05, 3.63) is 40.4 Å². The first-order valence-electron chi connectivity index (χ1n) is 14.2. The number of halogens is 2. The quantitative estimate of drug-likeness (QED) is 0.282. The van der Waals surface area contributed by atoms with Gasteiger partial charge in [-0.15, -0.1) is 0 Å². The Hall–Kier alpha value is -3.93. The van der Waals surface area contributed by atoms with Gasteiger partial charge in [-0.2, -0.15) is 17.6 Å². The van der Waals surface area contributed by atoms with Crippen LogP contribution in [0.2, 0.25) is 10.0 Å². The molecule has 1 saturated heterocycles. The average molecular weight is 718 g/mol. The summed E-state index contributed by atoms with van der Waals surface area (Å²) < 4.78 is 47.1. The largest absolute Gasteiger partial charge is 0.493 e. The van der Waals surface area contributed by atoms with Crippen molar-refractivity contribution in [2.24, 2.45) is 0 Å². The lowest BCUT2D eigenvalue weighted by molar-refractivity contribution is 0.0429. The fourth-order valence-electron chi connectivity index (χ4n) is 4.46. The van der Waals surface area contributed by atoms with Crippen molar-refractivity contribution in [1.82, 2.24) is 23.8 Å². The van der Waals surface area contributed by atoms with E-state index < -0.39 is 45.8 Å². The molecule has 0 bridgehead atoms. The lowest BCUT2D eigenvalue weighted by Crippen LogP contribution is -2.44. The summed E-state index contributed by atoms with van der Waals surface area (Å²) in [5, 5.41) is 9.69. The normalized spacial score (nSPS) is 16.3. The molecule has 47 heavy (non-hydrogen) atoms. The van der Waals surface area contributed by atoms with Crippen molar-refractivity contribution >= 4 is 68.8 Å². The highest BCUT2D eigenvalue weighted by Crippen LogP contribution is 2.35. The van der Waals surface area contributed by atoms with E-state index in [9.17, 15) is 27.9 Å². The number of amides is 3. The second-order valence-electron chi connectivity index (χ2n) is 12.3. The van der Waals surface area contributed by atoms with Crippen LogP contribution in [0.3, 0.4) is 0 Å². The maximum Gasteiger partial charge on any atom is 0.425 e. The van der Waals surface area contributed by atoms with Crippen LogP contribution in [0.15, 0.2) is 24.8 Å². The first kappa shape index (κ1) is 35.9. The summed E-state index contributed by atoms with van der Waals surface area (Å²) in [6, 6.07) is 2.25. The van der Waals surface area contributed by atoms with Crippen molar-refractivity contribution in [1.29, 1.82) is 0 Å². The molecule has 0 radical (unpaired) electrons. The molecular formula is C28H34Cl2N6O10S. The summed E-state index contributed by atoms with van der Waals surface area (Å²) in [7, 11) is -4.34. The Morgan fingerprint density at radius 2 is 1.68 bits per heavy atom. The number of hydrogen-bond acceptors (Lipinski definition) is 12. The van der Waals surface area contributed by atoms with E-state index in [-0.39, 0.29) is 59.6 Å². The van der Waals surface area contributed by atoms with Gasteiger partial charge >= 0.3 is 28.6 Å². The van der Waals surface area contributed by atoms with Crippen LogP contribution in [0.4, 0.5) is 20.2 Å². The number of carbonyl (C=O) groups is 3. The predicted octanol–water partition coefficient (Wildman–Crippen LogP) is 5.64. The van der Waals surface area contributed by atoms with Gasteiger partial charge in [0.15, 0.2) is 17.0 Å². The van der Waals surface area contributed by atoms with Crippen molar-refractivity contribution < 1.29 is 46.3 Å². The molecule has 3 heterocycles. The van der Waals surface area contributed by atoms with Gasteiger partial charge in [-0.05, 0) is 66.5 Å². The number of ether oxygens (including phenoxy) is 3. The van der Waals surface area contributed by atoms with Gasteiger partial charge in [0, 0.05) is 5.56 Å². The molecule has 16 nitrogen and oxygen atoms in total. The second kappa shape index (κ2) is 13.7. The first-order chi connectivity index (χ1) is 21.8. The van der Waals surface area contributed by atoms with Crippen LogP contribution in [0, 0.1) is 0 Å². The smallest absolute Gasteiger partial charge is 0.425 e. The fraction of sp³-hybridized carbons (Fsp3) is 0.500. The zero-order chi connectivity index (χ0) is 34.9. The van der Waals surface area contributed by atoms with Gasteiger partial charge in [0.2, 0.25) is 0 Å². The molecule has 19 heteroatoms. The van der Waals surface area contributed by atoms with E-state index in [0.29, 0.717) is 20.5 Å². The van der Waals surface area contributed by atoms with Gasteiger partial charge in [0.05, 0.1) is 42.2 Å². The van der Waals surface area contributed by atoms with Crippen molar-refractivity contribution in [3.8, 4) is 5.75 Å². The van der Waals surface area contributed by atoms with Gasteiger partial charge in [0.1, 0.15) is 23.3 Å². The number of fused-ring (bicyclic) bond motifs is 1. The van der Waals surface area contributed by atoms with Gasteiger partial charge in [-0.25, -0.2) is 29.3 Å². The summed E-state index contributed by atoms with van der Waals surface area (Å²) >= 11 is 12.9. The van der Waals surface area contributed by atoms with E-state index in [0.717, 1.165) is 6.33 Å². The van der Waals surface area contributed by atoms with E-state index >= 15 is 0 Å². The third-order valence-electron chi connectivity index (χ3n) is 6.34. The summed E-state index contributed by atoms with van der Waals surface area (Å²) in [6.07, 6.45) is -0.677. The number of aromatic nitrogens is 4. The van der Waals surface area contributed by atoms with Crippen molar-refractivity contribution in [2.75, 3.05) is 18.1 Å². The Labute approximate surface area is 280 Å². The lowest BCUT2D eigenvalue weighted by Gasteiger charge is -2.28. The zero-order valence-electron chi connectivity index (χ0n) is 26.4. The molecule has 1 aliphatic heterocycles. The predicted molar refractivity (Wildman–Crippen MR) is 169 cm³/mol. The summed E-state index contributed by atoms with van der Waals surface area (Å²) in [5.41, 5.74) is -1.14. The molecule has 0 unspecified atom stereocenters. The van der Waals surface area contributed by atoms with Crippen LogP contribution in [-0.4, -0.2) is 86.1 Å². The number of carboxylic acid groups (broad SMARTS) is 1. The summed E-state index contributed by atoms with van der Waals surface area (Å²) in [6.45, 7) is 9.71. The lowest BCUT2D eigenvalue weighted by atomic mass is 10.1. The Morgan fingerprint density at radius 3 is 2.28 bits per heavy atom. The molecule has 3 amide bonds. The molecule has 0 aliphatic carbocycles. The van der Waals surface area contributed by atoms with Crippen LogP contribution < -0.4 is 9.64 Å². The monoisotopic (exact) mass is 716 g/mol. The molecule has 256 valence electrons. The standard InChI is InChI=1S/C28H34Cl2N6O10S/c1-27(2,3)45-25(39)35(26(40)46-28(4,5)6)23-21-22(31-14-32-23)34(15-33-21)12-17-19(10-9-18(29)20(17)30)43-11-7-8-16-13-44-47(41,42)36(16)24(37)38/h9-10,14-16H,7-8,11-13H2,1-6H3,(H,37,38)/t16-/m1/s1. The topological polar surface area (TPSA) is 193 Å². The highest BCUT2D eigenvalue weighted by Gasteiger charge is 2.42. The van der Waals surface area contributed by atoms with Gasteiger partial charge in [0.25, 0.3) is 0 Å². The number of anilines is 1. The molecule has 1 aliphatic rings. The van der Waals surface area contributed by atoms with Crippen LogP contribution in [0.5, 0.6) is 5.75 Å². The van der Waals surface area contributed by atoms with Gasteiger partial charge < -0.3 is 23.9 Å². The number of carbonyl (C=O) groups excluding carboxylic acids is 2. The molecule has 1 atom stereocenters. The molecule has 0 spiro atoms. The zero-order valence-corrected chi connectivity index (χ0v) is 28.7. The average Bonchev–Trinajstić information content (AvgIpc) is 3.48. The van der Waals surface area contributed by atoms with E-state index in [2.05, 4.69) is 19.1 Å². The number of imidazole rings is 1. The molecule has 0 saturated carbocycles. The minimum atomic E-state index is -4.34. The number of imide groups is 1. The van der Waals surface area contributed by atoms with E-state index in [4.69, 9.17) is 37.4 Å². The molecular weight excluding hydrogens is 683 g/mol. The molecule has 2 aromatic heterocycles. The highest BCUT2D eigenvalue weighted by atomic mass is 35.5. The molecule has 1 aromatic carbocycles. The summed E-state index contributed by atoms with van der Waals surface area (Å²) in [4.78, 5) is 51.4. The van der Waals surface area contributed by atoms with Crippen LogP contribution >= 0.6 is 23.2 Å². The minimum absolute atomic E-state index is 0.0298. The highest BCUT2D eigenvalue weighted by molar-refractivity contribution is 7.85. The number of hydrogen-bond donors (Lipinski definition) is 1. The molecule has 1 N–H and O–H groups in total. The minimum Gasteiger partial charge on any atom is -0.493 e. The van der Waals surface area contributed by atoms with Gasteiger partial charge in [-0.3, -0.25) is 4.18 Å². The Bertz CT molecular complexity index is 1760. The maximum atomic E-state index is 13.2. The Balaban J connectivity index is 1.60. The second-order valence-corrected chi connectivity index (χ2v) is 14.6. The first-order valence-corrected chi connectivity index (χ1v) is 16.3.